The Morgan fingerprint density at radius 2 is 1.86 bits per heavy atom. The maximum Gasteiger partial charge on any atom is 0.433 e. The first-order valence-corrected chi connectivity index (χ1v) is 6.39. The van der Waals surface area contributed by atoms with Crippen molar-refractivity contribution in [2.45, 2.75) is 6.54 Å². The van der Waals surface area contributed by atoms with Gasteiger partial charge in [0, 0.05) is 39.8 Å². The third kappa shape index (κ3) is 4.33. The number of hydrogen-bond acceptors (Lipinski definition) is 5. The first kappa shape index (κ1) is 17.2. The molecule has 0 aliphatic carbocycles. The van der Waals surface area contributed by atoms with Crippen molar-refractivity contribution in [2.24, 2.45) is 0 Å². The zero-order valence-corrected chi connectivity index (χ0v) is 12.9. The number of carbonyl (C=O) groups is 1. The molecule has 9 nitrogen and oxygen atoms in total. The van der Waals surface area contributed by atoms with Gasteiger partial charge in [0.05, 0.1) is 11.5 Å². The first-order chi connectivity index (χ1) is 10.2. The predicted molar refractivity (Wildman–Crippen MR) is 80.2 cm³/mol. The Morgan fingerprint density at radius 1 is 1.27 bits per heavy atom. The molecule has 0 saturated heterocycles. The van der Waals surface area contributed by atoms with Crippen molar-refractivity contribution in [3.05, 3.63) is 39.9 Å². The molecule has 0 atom stereocenters. The number of para-hydroxylation sites is 1. The maximum atomic E-state index is 11.4. The highest BCUT2D eigenvalue weighted by molar-refractivity contribution is 5.77. The number of amides is 1. The summed E-state index contributed by atoms with van der Waals surface area (Å²) >= 11 is 0. The topological polar surface area (TPSA) is 103 Å². The summed E-state index contributed by atoms with van der Waals surface area (Å²) in [5, 5.41) is 19.9. The summed E-state index contributed by atoms with van der Waals surface area (Å²) in [6.45, 7) is 0.139. The Kier molecular flexibility index (Phi) is 5.67. The second kappa shape index (κ2) is 7.25. The monoisotopic (exact) mass is 309 g/mol. The van der Waals surface area contributed by atoms with Crippen molar-refractivity contribution in [3.8, 4) is 0 Å². The first-order valence-electron chi connectivity index (χ1n) is 6.39. The lowest BCUT2D eigenvalue weighted by Gasteiger charge is -2.27. The Balaban J connectivity index is 2.76. The van der Waals surface area contributed by atoms with E-state index in [2.05, 4.69) is 0 Å². The van der Waals surface area contributed by atoms with Crippen molar-refractivity contribution in [1.82, 2.24) is 14.9 Å². The molecule has 0 aliphatic rings. The molecule has 0 fully saturated rings. The highest BCUT2D eigenvalue weighted by Crippen LogP contribution is 2.19. The number of benzene rings is 1. The normalized spacial score (nSPS) is 9.82. The van der Waals surface area contributed by atoms with E-state index in [1.807, 2.05) is 0 Å². The summed E-state index contributed by atoms with van der Waals surface area (Å²) in [7, 11) is 6.05. The van der Waals surface area contributed by atoms with Gasteiger partial charge in [-0.05, 0) is 0 Å². The fourth-order valence-corrected chi connectivity index (χ4v) is 1.64. The van der Waals surface area contributed by atoms with Gasteiger partial charge in [-0.3, -0.25) is 15.5 Å². The minimum Gasteiger partial charge on any atom is -0.339 e. The van der Waals surface area contributed by atoms with Crippen LogP contribution in [0.2, 0.25) is 0 Å². The molecule has 0 unspecified atom stereocenters. The minimum atomic E-state index is -0.619. The summed E-state index contributed by atoms with van der Waals surface area (Å²) in [4.78, 5) is 29.5. The van der Waals surface area contributed by atoms with Crippen molar-refractivity contribution in [2.75, 3.05) is 28.2 Å². The number of nitrogens with zero attached hydrogens (tertiary/aromatic N) is 4. The fourth-order valence-electron chi connectivity index (χ4n) is 1.64. The average molecular weight is 309 g/mol. The number of carbonyl (C=O) groups excluding carboxylic acids is 1. The number of hydroxylamine groups is 2. The molecular formula is C13H19N5O4. The highest BCUT2D eigenvalue weighted by Gasteiger charge is 2.19. The van der Waals surface area contributed by atoms with E-state index in [9.17, 15) is 14.9 Å². The van der Waals surface area contributed by atoms with Crippen LogP contribution in [-0.2, 0) is 11.4 Å². The van der Waals surface area contributed by atoms with Crippen LogP contribution in [0.15, 0.2) is 24.3 Å². The van der Waals surface area contributed by atoms with Gasteiger partial charge in [0.1, 0.15) is 0 Å². The zero-order valence-electron chi connectivity index (χ0n) is 12.9. The molecule has 0 aromatic heterocycles. The predicted octanol–water partition coefficient (Wildman–Crippen LogP) is 1.51. The molecule has 9 heteroatoms. The van der Waals surface area contributed by atoms with Gasteiger partial charge in [-0.15, -0.1) is 0 Å². The van der Waals surface area contributed by atoms with Crippen LogP contribution in [-0.4, -0.2) is 60.0 Å². The second-order valence-corrected chi connectivity index (χ2v) is 4.81. The quantitative estimate of drug-likeness (QED) is 0.393. The number of guanidine groups is 1. The molecule has 0 heterocycles. The molecule has 0 aliphatic heterocycles. The standard InChI is InChI=1S/C13H19N5O4/c1-15(2)13(19)22-17(4)12(14)16(3)9-10-7-5-6-8-11(10)18(20)21/h5-8,14H,9H2,1-4H3. The summed E-state index contributed by atoms with van der Waals surface area (Å²) < 4.78 is 0. The molecule has 22 heavy (non-hydrogen) atoms. The third-order valence-corrected chi connectivity index (χ3v) is 2.84. The van der Waals surface area contributed by atoms with Crippen LogP contribution in [0.3, 0.4) is 0 Å². The van der Waals surface area contributed by atoms with Crippen LogP contribution in [0.5, 0.6) is 0 Å². The SMILES string of the molecule is CN(C)C(=O)ON(C)C(=N)N(C)Cc1ccccc1[N+](=O)[O-]. The van der Waals surface area contributed by atoms with Crippen LogP contribution in [0.4, 0.5) is 10.5 Å². The van der Waals surface area contributed by atoms with E-state index >= 15 is 0 Å². The van der Waals surface area contributed by atoms with Gasteiger partial charge in [0.2, 0.25) is 5.96 Å². The largest absolute Gasteiger partial charge is 0.433 e. The van der Waals surface area contributed by atoms with Crippen molar-refractivity contribution in [1.29, 1.82) is 5.41 Å². The molecule has 0 spiro atoms. The van der Waals surface area contributed by atoms with Crippen LogP contribution in [0, 0.1) is 15.5 Å². The van der Waals surface area contributed by atoms with Gasteiger partial charge in [-0.25, -0.2) is 4.79 Å². The molecule has 1 amide bonds. The molecule has 1 N–H and O–H groups in total. The summed E-state index contributed by atoms with van der Waals surface area (Å²) in [5.74, 6) is -0.103. The van der Waals surface area contributed by atoms with E-state index in [1.165, 1.54) is 37.0 Å². The molecule has 0 bridgehead atoms. The number of rotatable bonds is 3. The molecule has 1 aromatic rings. The van der Waals surface area contributed by atoms with E-state index in [0.29, 0.717) is 5.56 Å². The van der Waals surface area contributed by atoms with Crippen LogP contribution in [0.1, 0.15) is 5.56 Å². The van der Waals surface area contributed by atoms with Gasteiger partial charge in [-0.2, -0.15) is 5.06 Å². The minimum absolute atomic E-state index is 0.0184. The second-order valence-electron chi connectivity index (χ2n) is 4.81. The van der Waals surface area contributed by atoms with Gasteiger partial charge in [-0.1, -0.05) is 18.2 Å². The van der Waals surface area contributed by atoms with Crippen LogP contribution >= 0.6 is 0 Å². The van der Waals surface area contributed by atoms with Crippen molar-refractivity contribution in [3.63, 3.8) is 0 Å². The molecule has 0 radical (unpaired) electrons. The summed E-state index contributed by atoms with van der Waals surface area (Å²) in [6, 6.07) is 6.30. The van der Waals surface area contributed by atoms with E-state index < -0.39 is 11.0 Å². The molecule has 1 rings (SSSR count). The maximum absolute atomic E-state index is 11.4. The van der Waals surface area contributed by atoms with E-state index in [0.717, 1.165) is 5.06 Å². The molecule has 0 saturated carbocycles. The van der Waals surface area contributed by atoms with E-state index in [4.69, 9.17) is 10.2 Å². The smallest absolute Gasteiger partial charge is 0.339 e. The summed E-state index contributed by atoms with van der Waals surface area (Å²) in [6.07, 6.45) is -0.619. The molecule has 1 aromatic carbocycles. The van der Waals surface area contributed by atoms with Crippen LogP contribution < -0.4 is 0 Å². The Bertz CT molecular complexity index is 575. The number of nitrogens with one attached hydrogen (secondary N) is 1. The van der Waals surface area contributed by atoms with E-state index in [1.54, 1.807) is 25.2 Å². The van der Waals surface area contributed by atoms with Gasteiger partial charge in [0.25, 0.3) is 5.69 Å². The van der Waals surface area contributed by atoms with Crippen molar-refractivity contribution < 1.29 is 14.6 Å². The third-order valence-electron chi connectivity index (χ3n) is 2.84. The Hall–Kier alpha value is -2.84. The summed E-state index contributed by atoms with van der Waals surface area (Å²) in [5.41, 5.74) is 0.446. The zero-order chi connectivity index (χ0) is 16.9. The lowest BCUT2D eigenvalue weighted by molar-refractivity contribution is -0.385. The van der Waals surface area contributed by atoms with Crippen LogP contribution in [0.25, 0.3) is 0 Å². The van der Waals surface area contributed by atoms with E-state index in [-0.39, 0.29) is 18.2 Å². The number of nitro benzene ring substituents is 1. The van der Waals surface area contributed by atoms with Gasteiger partial charge in [0.15, 0.2) is 0 Å². The number of nitro groups is 1. The molecular weight excluding hydrogens is 290 g/mol. The Labute approximate surface area is 128 Å². The number of hydrogen-bond donors (Lipinski definition) is 1. The fraction of sp³-hybridized carbons (Fsp3) is 0.385. The average Bonchev–Trinajstić information content (AvgIpc) is 2.46. The molecule has 120 valence electrons. The Morgan fingerprint density at radius 3 is 2.41 bits per heavy atom. The van der Waals surface area contributed by atoms with Crippen molar-refractivity contribution >= 4 is 17.7 Å². The lowest BCUT2D eigenvalue weighted by Crippen LogP contribution is -2.42. The highest BCUT2D eigenvalue weighted by atomic mass is 16.7. The van der Waals surface area contributed by atoms with Gasteiger partial charge < -0.3 is 14.6 Å². The van der Waals surface area contributed by atoms with Gasteiger partial charge >= 0.3 is 6.09 Å². The lowest BCUT2D eigenvalue weighted by atomic mass is 10.2.